The first-order chi connectivity index (χ1) is 13.4. The molecule has 1 amide bonds. The number of nitrogens with zero attached hydrogens (tertiary/aromatic N) is 2. The summed E-state index contributed by atoms with van der Waals surface area (Å²) < 4.78 is 11.2. The van der Waals surface area contributed by atoms with Gasteiger partial charge < -0.3 is 25.6 Å². The van der Waals surface area contributed by atoms with Gasteiger partial charge in [-0.15, -0.1) is 0 Å². The van der Waals surface area contributed by atoms with Crippen molar-refractivity contribution in [2.24, 2.45) is 5.73 Å². The van der Waals surface area contributed by atoms with Crippen molar-refractivity contribution in [2.75, 3.05) is 39.3 Å². The molecule has 28 heavy (non-hydrogen) atoms. The normalized spacial score (nSPS) is 22.6. The molecule has 9 nitrogen and oxygen atoms in total. The highest BCUT2D eigenvalue weighted by molar-refractivity contribution is 5.73. The number of carboxylic acids is 1. The average molecular weight is 392 g/mol. The van der Waals surface area contributed by atoms with Crippen LogP contribution in [0.25, 0.3) is 0 Å². The summed E-state index contributed by atoms with van der Waals surface area (Å²) in [5.74, 6) is -0.389. The number of rotatable bonds is 8. The molecule has 0 radical (unpaired) electrons. The molecule has 0 bridgehead atoms. The zero-order valence-electron chi connectivity index (χ0n) is 16.0. The Morgan fingerprint density at radius 2 is 2.04 bits per heavy atom. The number of hydrogen-bond donors (Lipinski definition) is 3. The van der Waals surface area contributed by atoms with E-state index in [1.165, 1.54) is 0 Å². The van der Waals surface area contributed by atoms with Crippen molar-refractivity contribution in [3.05, 3.63) is 29.8 Å². The van der Waals surface area contributed by atoms with Gasteiger partial charge in [-0.05, 0) is 31.0 Å². The molecule has 9 heteroatoms. The van der Waals surface area contributed by atoms with Crippen LogP contribution in [-0.2, 0) is 16.0 Å². The maximum atomic E-state index is 12.2. The Kier molecular flexibility index (Phi) is 6.71. The highest BCUT2D eigenvalue weighted by atomic mass is 16.6. The number of benzene rings is 1. The molecule has 3 rings (SSSR count). The summed E-state index contributed by atoms with van der Waals surface area (Å²) in [5.41, 5.74) is 6.37. The smallest absolute Gasteiger partial charge is 0.411 e. The predicted octanol–water partition coefficient (Wildman–Crippen LogP) is 0.0918. The molecule has 3 unspecified atom stereocenters. The molecule has 1 aromatic rings. The number of hydrogen-bond acceptors (Lipinski definition) is 7. The number of carbonyl (C=O) groups excluding carboxylic acids is 1. The van der Waals surface area contributed by atoms with Crippen LogP contribution < -0.4 is 15.8 Å². The minimum Gasteiger partial charge on any atom is -0.490 e. The summed E-state index contributed by atoms with van der Waals surface area (Å²) >= 11 is 0. The van der Waals surface area contributed by atoms with Crippen molar-refractivity contribution < 1.29 is 24.2 Å². The lowest BCUT2D eigenvalue weighted by Crippen LogP contribution is -2.54. The number of nitrogens with two attached hydrogens (primary N) is 1. The molecule has 154 valence electrons. The lowest BCUT2D eigenvalue weighted by molar-refractivity contribution is -0.138. The number of nitrogens with one attached hydrogen (secondary N) is 1. The van der Waals surface area contributed by atoms with Crippen LogP contribution in [0.3, 0.4) is 0 Å². The third-order valence-electron chi connectivity index (χ3n) is 5.17. The van der Waals surface area contributed by atoms with E-state index in [4.69, 9.17) is 20.3 Å². The molecule has 0 spiro atoms. The minimum atomic E-state index is -1.03. The fraction of sp³-hybridized carbons (Fsp3) is 0.579. The molecule has 2 aliphatic heterocycles. The summed E-state index contributed by atoms with van der Waals surface area (Å²) in [6.07, 6.45) is -0.373. The zero-order chi connectivity index (χ0) is 20.1. The average Bonchev–Trinajstić information content (AvgIpc) is 3.08. The fourth-order valence-electron chi connectivity index (χ4n) is 3.44. The highest BCUT2D eigenvalue weighted by Crippen LogP contribution is 2.19. The third-order valence-corrected chi connectivity index (χ3v) is 5.17. The number of cyclic esters (lactones) is 1. The van der Waals surface area contributed by atoms with Gasteiger partial charge in [0.2, 0.25) is 0 Å². The van der Waals surface area contributed by atoms with Crippen LogP contribution in [0.5, 0.6) is 5.75 Å². The van der Waals surface area contributed by atoms with Gasteiger partial charge >= 0.3 is 12.1 Å². The molecule has 0 aromatic heterocycles. The summed E-state index contributed by atoms with van der Waals surface area (Å²) in [6, 6.07) is 6.19. The van der Waals surface area contributed by atoms with Gasteiger partial charge in [-0.25, -0.2) is 4.79 Å². The van der Waals surface area contributed by atoms with Crippen LogP contribution in [0.15, 0.2) is 24.3 Å². The number of piperazine rings is 1. The zero-order valence-corrected chi connectivity index (χ0v) is 16.0. The van der Waals surface area contributed by atoms with Gasteiger partial charge in [0.05, 0.1) is 12.7 Å². The number of aliphatic carboxylic acids is 1. The van der Waals surface area contributed by atoms with Crippen LogP contribution in [0.2, 0.25) is 0 Å². The van der Waals surface area contributed by atoms with Gasteiger partial charge in [-0.2, -0.15) is 0 Å². The Bertz CT molecular complexity index is 677. The number of ether oxygens (including phenoxy) is 2. The number of amides is 1. The van der Waals surface area contributed by atoms with Crippen LogP contribution in [-0.4, -0.2) is 84.6 Å². The van der Waals surface area contributed by atoms with E-state index in [0.29, 0.717) is 12.3 Å². The lowest BCUT2D eigenvalue weighted by atomic mass is 10.1. The molecule has 4 N–H and O–H groups in total. The summed E-state index contributed by atoms with van der Waals surface area (Å²) in [6.45, 7) is 6.45. The van der Waals surface area contributed by atoms with Crippen LogP contribution in [0, 0.1) is 0 Å². The second kappa shape index (κ2) is 9.22. The lowest BCUT2D eigenvalue weighted by Gasteiger charge is -2.36. The maximum absolute atomic E-state index is 12.2. The van der Waals surface area contributed by atoms with E-state index in [2.05, 4.69) is 10.2 Å². The SMILES string of the molecule is CC(N1CCNCC1)N1CC(COc2ccc(CC(N)C(=O)O)cc2)OC1=O. The molecular formula is C19H28N4O5. The monoisotopic (exact) mass is 392 g/mol. The van der Waals surface area contributed by atoms with E-state index < -0.39 is 12.0 Å². The van der Waals surface area contributed by atoms with Crippen molar-refractivity contribution in [1.29, 1.82) is 0 Å². The van der Waals surface area contributed by atoms with Crippen molar-refractivity contribution in [3.63, 3.8) is 0 Å². The molecule has 0 saturated carbocycles. The maximum Gasteiger partial charge on any atom is 0.411 e. The molecular weight excluding hydrogens is 364 g/mol. The van der Waals surface area contributed by atoms with Crippen molar-refractivity contribution in [1.82, 2.24) is 15.1 Å². The first-order valence-electron chi connectivity index (χ1n) is 9.56. The van der Waals surface area contributed by atoms with Crippen LogP contribution in [0.4, 0.5) is 4.79 Å². The Morgan fingerprint density at radius 3 is 2.68 bits per heavy atom. The summed E-state index contributed by atoms with van der Waals surface area (Å²) in [7, 11) is 0. The van der Waals surface area contributed by atoms with Gasteiger partial charge in [0.25, 0.3) is 0 Å². The van der Waals surface area contributed by atoms with Gasteiger partial charge in [0, 0.05) is 26.2 Å². The van der Waals surface area contributed by atoms with Gasteiger partial charge in [0.15, 0.2) is 6.10 Å². The van der Waals surface area contributed by atoms with E-state index in [1.54, 1.807) is 29.2 Å². The summed E-state index contributed by atoms with van der Waals surface area (Å²) in [4.78, 5) is 27.1. The van der Waals surface area contributed by atoms with Crippen molar-refractivity contribution >= 4 is 12.1 Å². The predicted molar refractivity (Wildman–Crippen MR) is 102 cm³/mol. The Morgan fingerprint density at radius 1 is 1.36 bits per heavy atom. The fourth-order valence-corrected chi connectivity index (χ4v) is 3.44. The molecule has 2 saturated heterocycles. The third kappa shape index (κ3) is 5.12. The van der Waals surface area contributed by atoms with Gasteiger partial charge in [0.1, 0.15) is 18.4 Å². The molecule has 3 atom stereocenters. The number of carboxylic acid groups (broad SMARTS) is 1. The van der Waals surface area contributed by atoms with Crippen molar-refractivity contribution in [3.8, 4) is 5.75 Å². The summed E-state index contributed by atoms with van der Waals surface area (Å²) in [5, 5.41) is 12.2. The Labute approximate surface area is 164 Å². The van der Waals surface area contributed by atoms with Crippen LogP contribution >= 0.6 is 0 Å². The van der Waals surface area contributed by atoms with E-state index >= 15 is 0 Å². The topological polar surface area (TPSA) is 117 Å². The molecule has 2 heterocycles. The molecule has 2 fully saturated rings. The Hall–Kier alpha value is -2.36. The second-order valence-electron chi connectivity index (χ2n) is 7.18. The Balaban J connectivity index is 1.47. The minimum absolute atomic E-state index is 0.00247. The van der Waals surface area contributed by atoms with E-state index in [-0.39, 0.29) is 31.4 Å². The second-order valence-corrected chi connectivity index (χ2v) is 7.18. The van der Waals surface area contributed by atoms with E-state index in [9.17, 15) is 9.59 Å². The molecule has 1 aromatic carbocycles. The first-order valence-corrected chi connectivity index (χ1v) is 9.56. The number of carbonyl (C=O) groups is 2. The molecule has 2 aliphatic rings. The quantitative estimate of drug-likeness (QED) is 0.570. The van der Waals surface area contributed by atoms with Crippen molar-refractivity contribution in [2.45, 2.75) is 31.7 Å². The van der Waals surface area contributed by atoms with Crippen LogP contribution in [0.1, 0.15) is 12.5 Å². The van der Waals surface area contributed by atoms with Gasteiger partial charge in [-0.1, -0.05) is 12.1 Å². The largest absolute Gasteiger partial charge is 0.490 e. The standard InChI is InChI=1S/C19H28N4O5/c1-13(22-8-6-21-7-9-22)23-11-16(28-19(23)26)12-27-15-4-2-14(3-5-15)10-17(20)18(24)25/h2-5,13,16-17,21H,6-12,20H2,1H3,(H,24,25). The molecule has 0 aliphatic carbocycles. The first kappa shape index (κ1) is 20.4. The van der Waals surface area contributed by atoms with Gasteiger partial charge in [-0.3, -0.25) is 14.6 Å². The van der Waals surface area contributed by atoms with E-state index in [1.807, 2.05) is 6.92 Å². The highest BCUT2D eigenvalue weighted by Gasteiger charge is 2.37. The van der Waals surface area contributed by atoms with E-state index in [0.717, 1.165) is 31.7 Å².